The van der Waals surface area contributed by atoms with E-state index in [1.807, 2.05) is 19.1 Å². The number of aromatic nitrogens is 1. The van der Waals surface area contributed by atoms with Crippen LogP contribution >= 0.6 is 23.1 Å². The van der Waals surface area contributed by atoms with Crippen LogP contribution in [0.25, 0.3) is 0 Å². The molecule has 25 heavy (non-hydrogen) atoms. The number of hydrogen-bond donors (Lipinski definition) is 2. The molecule has 0 saturated heterocycles. The number of anilines is 1. The Morgan fingerprint density at radius 3 is 2.76 bits per heavy atom. The van der Waals surface area contributed by atoms with Crippen LogP contribution in [0.1, 0.15) is 28.8 Å². The van der Waals surface area contributed by atoms with Crippen LogP contribution in [0.3, 0.4) is 0 Å². The maximum atomic E-state index is 12.0. The highest BCUT2D eigenvalue weighted by Crippen LogP contribution is 2.38. The summed E-state index contributed by atoms with van der Waals surface area (Å²) in [5, 5.41) is 6.08. The number of carbonyl (C=O) groups excluding carboxylic acids is 2. The Labute approximate surface area is 154 Å². The van der Waals surface area contributed by atoms with Gasteiger partial charge in [-0.2, -0.15) is 0 Å². The Balaban J connectivity index is 1.79. The molecule has 2 amide bonds. The molecule has 0 aliphatic heterocycles. The second kappa shape index (κ2) is 7.45. The van der Waals surface area contributed by atoms with Crippen LogP contribution in [0.4, 0.5) is 5.13 Å². The van der Waals surface area contributed by atoms with Crippen LogP contribution < -0.4 is 15.4 Å². The minimum Gasteiger partial charge on any atom is -0.496 e. The van der Waals surface area contributed by atoms with Crippen molar-refractivity contribution in [3.05, 3.63) is 29.5 Å². The summed E-state index contributed by atoms with van der Waals surface area (Å²) in [7, 11) is 3.14. The van der Waals surface area contributed by atoms with Crippen molar-refractivity contribution < 1.29 is 14.3 Å². The quantitative estimate of drug-likeness (QED) is 0.807. The average molecular weight is 377 g/mol. The smallest absolute Gasteiger partial charge is 0.254 e. The zero-order valence-corrected chi connectivity index (χ0v) is 15.8. The molecule has 1 saturated carbocycles. The predicted molar refractivity (Wildman–Crippen MR) is 98.7 cm³/mol. The summed E-state index contributed by atoms with van der Waals surface area (Å²) in [5.74, 6) is 0.552. The van der Waals surface area contributed by atoms with Crippen LogP contribution in [-0.4, -0.2) is 31.0 Å². The summed E-state index contributed by atoms with van der Waals surface area (Å²) in [4.78, 5) is 29.1. The molecule has 1 aromatic carbocycles. The van der Waals surface area contributed by atoms with Gasteiger partial charge in [-0.15, -0.1) is 0 Å². The van der Waals surface area contributed by atoms with Crippen LogP contribution in [0.2, 0.25) is 0 Å². The lowest BCUT2D eigenvalue weighted by Gasteiger charge is -2.12. The lowest BCUT2D eigenvalue weighted by molar-refractivity contribution is -0.117. The van der Waals surface area contributed by atoms with Gasteiger partial charge in [0.25, 0.3) is 5.91 Å². The lowest BCUT2D eigenvalue weighted by Crippen LogP contribution is -2.18. The molecule has 1 aromatic heterocycles. The van der Waals surface area contributed by atoms with E-state index in [1.54, 1.807) is 20.4 Å². The first-order valence-corrected chi connectivity index (χ1v) is 9.50. The molecule has 6 nitrogen and oxygen atoms in total. The first kappa shape index (κ1) is 17.8. The molecular formula is C17H19N3O3S2. The van der Waals surface area contributed by atoms with Crippen LogP contribution in [0.15, 0.2) is 27.4 Å². The van der Waals surface area contributed by atoms with E-state index in [9.17, 15) is 9.59 Å². The van der Waals surface area contributed by atoms with E-state index < -0.39 is 0 Å². The lowest BCUT2D eigenvalue weighted by atomic mass is 10.1. The molecule has 2 N–H and O–H groups in total. The molecule has 2 aromatic rings. The van der Waals surface area contributed by atoms with E-state index in [1.165, 1.54) is 23.1 Å². The molecule has 0 unspecified atom stereocenters. The van der Waals surface area contributed by atoms with Crippen LogP contribution in [0, 0.1) is 12.8 Å². The zero-order valence-electron chi connectivity index (χ0n) is 14.2. The Bertz CT molecular complexity index is 815. The van der Waals surface area contributed by atoms with Gasteiger partial charge in [-0.25, -0.2) is 4.98 Å². The van der Waals surface area contributed by atoms with Gasteiger partial charge in [0.05, 0.1) is 23.1 Å². The van der Waals surface area contributed by atoms with Crippen molar-refractivity contribution >= 4 is 40.0 Å². The molecule has 0 bridgehead atoms. The Morgan fingerprint density at radius 1 is 1.36 bits per heavy atom. The summed E-state index contributed by atoms with van der Waals surface area (Å²) in [6, 6.07) is 3.67. The number of benzene rings is 1. The Kier molecular flexibility index (Phi) is 5.29. The molecule has 1 fully saturated rings. The molecule has 132 valence electrons. The highest BCUT2D eigenvalue weighted by Gasteiger charge is 2.30. The Morgan fingerprint density at radius 2 is 2.12 bits per heavy atom. The highest BCUT2D eigenvalue weighted by molar-refractivity contribution is 8.01. The molecule has 0 spiro atoms. The van der Waals surface area contributed by atoms with Crippen LogP contribution in [0.5, 0.6) is 5.75 Å². The van der Waals surface area contributed by atoms with Crippen molar-refractivity contribution in [2.24, 2.45) is 5.92 Å². The van der Waals surface area contributed by atoms with Gasteiger partial charge < -0.3 is 15.4 Å². The van der Waals surface area contributed by atoms with Gasteiger partial charge >= 0.3 is 0 Å². The average Bonchev–Trinajstić information content (AvgIpc) is 3.37. The predicted octanol–water partition coefficient (Wildman–Crippen LogP) is 3.32. The maximum absolute atomic E-state index is 12.0. The molecule has 0 atom stereocenters. The fraction of sp³-hybridized carbons (Fsp3) is 0.353. The summed E-state index contributed by atoms with van der Waals surface area (Å²) in [5.41, 5.74) is 1.50. The Hall–Kier alpha value is -2.06. The van der Waals surface area contributed by atoms with Crippen molar-refractivity contribution in [2.45, 2.75) is 28.9 Å². The fourth-order valence-electron chi connectivity index (χ4n) is 2.28. The number of rotatable bonds is 6. The second-order valence-corrected chi connectivity index (χ2v) is 8.12. The van der Waals surface area contributed by atoms with Gasteiger partial charge in [-0.3, -0.25) is 9.59 Å². The number of nitrogens with zero attached hydrogens (tertiary/aromatic N) is 1. The molecule has 3 rings (SSSR count). The first-order chi connectivity index (χ1) is 12.0. The maximum Gasteiger partial charge on any atom is 0.254 e. The number of nitrogens with one attached hydrogen (secondary N) is 2. The van der Waals surface area contributed by atoms with Crippen LogP contribution in [-0.2, 0) is 4.79 Å². The van der Waals surface area contributed by atoms with Gasteiger partial charge in [-0.05, 0) is 37.5 Å². The topological polar surface area (TPSA) is 80.3 Å². The molecule has 1 heterocycles. The minimum atomic E-state index is -0.194. The standard InChI is InChI=1S/C17H19N3O3S2/c1-9-6-12(23-3)11(16(22)18-2)7-13(9)24-14-8-19-17(25-14)20-15(21)10-4-5-10/h6-8,10H,4-5H2,1-3H3,(H,18,22)(H,19,20,21). The van der Waals surface area contributed by atoms with Gasteiger partial charge in [0.2, 0.25) is 5.91 Å². The summed E-state index contributed by atoms with van der Waals surface area (Å²) in [6.07, 6.45) is 3.67. The number of amides is 2. The minimum absolute atomic E-state index is 0.0495. The van der Waals surface area contributed by atoms with Gasteiger partial charge in [0, 0.05) is 17.9 Å². The summed E-state index contributed by atoms with van der Waals surface area (Å²) in [6.45, 7) is 1.97. The zero-order chi connectivity index (χ0) is 18.0. The summed E-state index contributed by atoms with van der Waals surface area (Å²) < 4.78 is 6.25. The van der Waals surface area contributed by atoms with E-state index in [0.29, 0.717) is 16.4 Å². The number of ether oxygens (including phenoxy) is 1. The molecule has 1 aliphatic carbocycles. The normalized spacial score (nSPS) is 13.4. The van der Waals surface area contributed by atoms with Crippen molar-refractivity contribution in [1.29, 1.82) is 0 Å². The van der Waals surface area contributed by atoms with Crippen molar-refractivity contribution in [2.75, 3.05) is 19.5 Å². The molecular weight excluding hydrogens is 358 g/mol. The van der Waals surface area contributed by atoms with E-state index in [4.69, 9.17) is 4.74 Å². The fourth-order valence-corrected chi connectivity index (χ4v) is 4.22. The molecule has 0 radical (unpaired) electrons. The van der Waals surface area contributed by atoms with E-state index >= 15 is 0 Å². The number of thiazole rings is 1. The van der Waals surface area contributed by atoms with Crippen molar-refractivity contribution in [3.8, 4) is 5.75 Å². The third-order valence-corrected chi connectivity index (χ3v) is 6.02. The van der Waals surface area contributed by atoms with Crippen molar-refractivity contribution in [1.82, 2.24) is 10.3 Å². The monoisotopic (exact) mass is 377 g/mol. The molecule has 1 aliphatic rings. The number of methoxy groups -OCH3 is 1. The van der Waals surface area contributed by atoms with E-state index in [0.717, 1.165) is 27.5 Å². The van der Waals surface area contributed by atoms with Gasteiger partial charge in [0.15, 0.2) is 5.13 Å². The molecule has 8 heteroatoms. The first-order valence-electron chi connectivity index (χ1n) is 7.87. The highest BCUT2D eigenvalue weighted by atomic mass is 32.2. The third-order valence-electron chi connectivity index (χ3n) is 3.84. The number of carbonyl (C=O) groups is 2. The largest absolute Gasteiger partial charge is 0.496 e. The van der Waals surface area contributed by atoms with Crippen molar-refractivity contribution in [3.63, 3.8) is 0 Å². The van der Waals surface area contributed by atoms with Gasteiger partial charge in [-0.1, -0.05) is 23.1 Å². The second-order valence-electron chi connectivity index (χ2n) is 5.75. The summed E-state index contributed by atoms with van der Waals surface area (Å²) >= 11 is 2.94. The van der Waals surface area contributed by atoms with E-state index in [2.05, 4.69) is 15.6 Å². The van der Waals surface area contributed by atoms with Gasteiger partial charge in [0.1, 0.15) is 5.75 Å². The van der Waals surface area contributed by atoms with E-state index in [-0.39, 0.29) is 17.7 Å². The SMILES string of the molecule is CNC(=O)c1cc(Sc2cnc(NC(=O)C3CC3)s2)c(C)cc1OC. The number of hydrogen-bond acceptors (Lipinski definition) is 6. The third kappa shape index (κ3) is 4.13. The number of aryl methyl sites for hydroxylation is 1.